The zero-order chi connectivity index (χ0) is 12.5. The maximum Gasteiger partial charge on any atom is 0.240 e. The Balaban J connectivity index is 2.04. The van der Waals surface area contributed by atoms with E-state index in [9.17, 15) is 4.79 Å². The summed E-state index contributed by atoms with van der Waals surface area (Å²) in [6.45, 7) is 4.06. The zero-order valence-corrected chi connectivity index (χ0v) is 10.5. The highest BCUT2D eigenvalue weighted by Gasteiger charge is 2.40. The summed E-state index contributed by atoms with van der Waals surface area (Å²) in [6, 6.07) is 8.12. The van der Waals surface area contributed by atoms with E-state index in [1.165, 1.54) is 5.56 Å². The Morgan fingerprint density at radius 3 is 2.59 bits per heavy atom. The van der Waals surface area contributed by atoms with Gasteiger partial charge in [-0.05, 0) is 44.2 Å². The fourth-order valence-corrected chi connectivity index (χ4v) is 2.28. The Morgan fingerprint density at radius 1 is 1.41 bits per heavy atom. The summed E-state index contributed by atoms with van der Waals surface area (Å²) in [6.07, 6.45) is 2.67. The first kappa shape index (κ1) is 12.1. The minimum Gasteiger partial charge on any atom is -0.348 e. The number of nitrogens with two attached hydrogens (primary N) is 1. The number of amides is 1. The van der Waals surface area contributed by atoms with Gasteiger partial charge in [0.25, 0.3) is 0 Å². The van der Waals surface area contributed by atoms with E-state index in [0.717, 1.165) is 24.8 Å². The molecule has 3 nitrogen and oxygen atoms in total. The van der Waals surface area contributed by atoms with Gasteiger partial charge in [0.2, 0.25) is 5.91 Å². The van der Waals surface area contributed by atoms with Crippen LogP contribution in [0.4, 0.5) is 0 Å². The lowest BCUT2D eigenvalue weighted by molar-refractivity contribution is -0.129. The van der Waals surface area contributed by atoms with Crippen LogP contribution >= 0.6 is 0 Å². The van der Waals surface area contributed by atoms with Crippen molar-refractivity contribution in [1.29, 1.82) is 0 Å². The fourth-order valence-electron chi connectivity index (χ4n) is 2.28. The van der Waals surface area contributed by atoms with Gasteiger partial charge in [-0.25, -0.2) is 0 Å². The number of hydrogen-bond donors (Lipinski definition) is 2. The zero-order valence-electron chi connectivity index (χ0n) is 10.5. The topological polar surface area (TPSA) is 55.1 Å². The molecule has 0 bridgehead atoms. The highest BCUT2D eigenvalue weighted by atomic mass is 16.2. The van der Waals surface area contributed by atoms with Crippen molar-refractivity contribution in [2.24, 2.45) is 5.73 Å². The van der Waals surface area contributed by atoms with E-state index in [4.69, 9.17) is 5.73 Å². The number of carbonyl (C=O) groups excluding carboxylic acids is 1. The predicted molar refractivity (Wildman–Crippen MR) is 68.5 cm³/mol. The highest BCUT2D eigenvalue weighted by molar-refractivity contribution is 5.87. The van der Waals surface area contributed by atoms with Crippen LogP contribution in [0.1, 0.15) is 43.4 Å². The molecule has 1 aromatic rings. The lowest BCUT2D eigenvalue weighted by Crippen LogP contribution is -2.58. The average Bonchev–Trinajstić information content (AvgIpc) is 2.26. The summed E-state index contributed by atoms with van der Waals surface area (Å²) >= 11 is 0. The Hall–Kier alpha value is -1.35. The standard InChI is InChI=1S/C14H20N2O/c1-10-6-3-4-7-12(10)11(2)16-13(17)14(15)8-5-9-14/h3-4,6-7,11H,5,8-9,15H2,1-2H3,(H,16,17)/t11-/m0/s1. The van der Waals surface area contributed by atoms with Gasteiger partial charge in [-0.1, -0.05) is 24.3 Å². The van der Waals surface area contributed by atoms with Crippen molar-refractivity contribution in [3.05, 3.63) is 35.4 Å². The van der Waals surface area contributed by atoms with Crippen molar-refractivity contribution in [3.8, 4) is 0 Å². The number of nitrogens with one attached hydrogen (secondary N) is 1. The molecular formula is C14H20N2O. The molecule has 1 saturated carbocycles. The Labute approximate surface area is 102 Å². The molecule has 17 heavy (non-hydrogen) atoms. The van der Waals surface area contributed by atoms with Crippen LogP contribution in [0.15, 0.2) is 24.3 Å². The molecule has 0 radical (unpaired) electrons. The summed E-state index contributed by atoms with van der Waals surface area (Å²) in [5.41, 5.74) is 7.74. The SMILES string of the molecule is Cc1ccccc1[C@H](C)NC(=O)C1(N)CCC1. The van der Waals surface area contributed by atoms with Gasteiger partial charge in [0, 0.05) is 0 Å². The summed E-state index contributed by atoms with van der Waals surface area (Å²) in [7, 11) is 0. The molecule has 1 aromatic carbocycles. The van der Waals surface area contributed by atoms with Gasteiger partial charge in [0.05, 0.1) is 11.6 Å². The quantitative estimate of drug-likeness (QED) is 0.838. The Morgan fingerprint density at radius 2 is 2.06 bits per heavy atom. The summed E-state index contributed by atoms with van der Waals surface area (Å²) in [5.74, 6) is -0.0143. The second-order valence-electron chi connectivity index (χ2n) is 5.06. The highest BCUT2D eigenvalue weighted by Crippen LogP contribution is 2.30. The molecule has 0 unspecified atom stereocenters. The second kappa shape index (κ2) is 4.49. The molecule has 1 aliphatic rings. The van der Waals surface area contributed by atoms with E-state index < -0.39 is 5.54 Å². The van der Waals surface area contributed by atoms with E-state index >= 15 is 0 Å². The van der Waals surface area contributed by atoms with E-state index in [1.54, 1.807) is 0 Å². The third-order valence-corrected chi connectivity index (χ3v) is 3.70. The normalized spacial score (nSPS) is 19.2. The number of benzene rings is 1. The van der Waals surface area contributed by atoms with E-state index in [1.807, 2.05) is 25.1 Å². The van der Waals surface area contributed by atoms with Gasteiger partial charge in [-0.15, -0.1) is 0 Å². The summed E-state index contributed by atoms with van der Waals surface area (Å²) < 4.78 is 0. The molecule has 0 aromatic heterocycles. The van der Waals surface area contributed by atoms with Gasteiger partial charge in [-0.2, -0.15) is 0 Å². The first-order chi connectivity index (χ1) is 8.03. The third kappa shape index (κ3) is 2.34. The molecule has 0 heterocycles. The van der Waals surface area contributed by atoms with Crippen molar-refractivity contribution in [3.63, 3.8) is 0 Å². The minimum atomic E-state index is -0.614. The molecule has 0 aliphatic heterocycles. The van der Waals surface area contributed by atoms with Crippen molar-refractivity contribution in [2.45, 2.75) is 44.7 Å². The Bertz CT molecular complexity index is 424. The molecule has 2 rings (SSSR count). The van der Waals surface area contributed by atoms with Crippen LogP contribution in [0.5, 0.6) is 0 Å². The maximum atomic E-state index is 12.0. The van der Waals surface area contributed by atoms with Crippen LogP contribution in [0.2, 0.25) is 0 Å². The van der Waals surface area contributed by atoms with Crippen molar-refractivity contribution >= 4 is 5.91 Å². The van der Waals surface area contributed by atoms with E-state index in [-0.39, 0.29) is 11.9 Å². The lowest BCUT2D eigenvalue weighted by atomic mass is 9.77. The van der Waals surface area contributed by atoms with Crippen molar-refractivity contribution in [2.75, 3.05) is 0 Å². The number of carbonyl (C=O) groups is 1. The van der Waals surface area contributed by atoms with Crippen LogP contribution in [0.25, 0.3) is 0 Å². The summed E-state index contributed by atoms with van der Waals surface area (Å²) in [4.78, 5) is 12.0. The molecule has 1 amide bonds. The minimum absolute atomic E-state index is 0.0143. The first-order valence-electron chi connectivity index (χ1n) is 6.18. The number of hydrogen-bond acceptors (Lipinski definition) is 2. The average molecular weight is 232 g/mol. The smallest absolute Gasteiger partial charge is 0.240 e. The molecule has 1 aliphatic carbocycles. The second-order valence-corrected chi connectivity index (χ2v) is 5.06. The van der Waals surface area contributed by atoms with Gasteiger partial charge in [-0.3, -0.25) is 4.79 Å². The van der Waals surface area contributed by atoms with Gasteiger partial charge < -0.3 is 11.1 Å². The number of aryl methyl sites for hydroxylation is 1. The molecular weight excluding hydrogens is 212 g/mol. The van der Waals surface area contributed by atoms with Crippen LogP contribution in [-0.4, -0.2) is 11.4 Å². The van der Waals surface area contributed by atoms with Crippen molar-refractivity contribution < 1.29 is 4.79 Å². The monoisotopic (exact) mass is 232 g/mol. The van der Waals surface area contributed by atoms with Gasteiger partial charge in [0.15, 0.2) is 0 Å². The maximum absolute atomic E-state index is 12.0. The van der Waals surface area contributed by atoms with Gasteiger partial charge in [0.1, 0.15) is 0 Å². The molecule has 1 atom stereocenters. The Kier molecular flexibility index (Phi) is 3.20. The van der Waals surface area contributed by atoms with Gasteiger partial charge >= 0.3 is 0 Å². The molecule has 92 valence electrons. The van der Waals surface area contributed by atoms with Crippen LogP contribution in [-0.2, 0) is 4.79 Å². The van der Waals surface area contributed by atoms with Crippen LogP contribution < -0.4 is 11.1 Å². The molecule has 1 fully saturated rings. The largest absolute Gasteiger partial charge is 0.348 e. The number of rotatable bonds is 3. The molecule has 3 N–H and O–H groups in total. The first-order valence-corrected chi connectivity index (χ1v) is 6.18. The fraction of sp³-hybridized carbons (Fsp3) is 0.500. The molecule has 3 heteroatoms. The lowest BCUT2D eigenvalue weighted by Gasteiger charge is -2.37. The van der Waals surface area contributed by atoms with E-state index in [2.05, 4.69) is 18.3 Å². The van der Waals surface area contributed by atoms with Crippen LogP contribution in [0, 0.1) is 6.92 Å². The van der Waals surface area contributed by atoms with E-state index in [0.29, 0.717) is 0 Å². The van der Waals surface area contributed by atoms with Crippen molar-refractivity contribution in [1.82, 2.24) is 5.32 Å². The predicted octanol–water partition coefficient (Wildman–Crippen LogP) is 2.05. The van der Waals surface area contributed by atoms with Crippen LogP contribution in [0.3, 0.4) is 0 Å². The third-order valence-electron chi connectivity index (χ3n) is 3.70. The molecule has 0 spiro atoms. The summed E-state index contributed by atoms with van der Waals surface area (Å²) in [5, 5.41) is 3.02. The molecule has 0 saturated heterocycles.